The van der Waals surface area contributed by atoms with Crippen LogP contribution < -0.4 is 5.11 Å². The van der Waals surface area contributed by atoms with Crippen LogP contribution in [0.2, 0.25) is 0 Å². The van der Waals surface area contributed by atoms with E-state index in [-0.39, 0.29) is 22.4 Å². The fourth-order valence-corrected chi connectivity index (χ4v) is 2.26. The van der Waals surface area contributed by atoms with Crippen LogP contribution in [0.3, 0.4) is 0 Å². The van der Waals surface area contributed by atoms with E-state index in [1.165, 1.54) is 31.2 Å². The molecule has 0 aliphatic heterocycles. The van der Waals surface area contributed by atoms with E-state index in [0.29, 0.717) is 5.69 Å². The number of aromatic nitrogens is 1. The summed E-state index contributed by atoms with van der Waals surface area (Å²) in [7, 11) is 0. The molecule has 2 aromatic rings. The van der Waals surface area contributed by atoms with E-state index >= 15 is 0 Å². The number of nitrogens with zero attached hydrogens (tertiary/aromatic N) is 1. The lowest BCUT2D eigenvalue weighted by molar-refractivity contribution is -0.255. The molecule has 0 aliphatic rings. The van der Waals surface area contributed by atoms with Gasteiger partial charge >= 0.3 is 6.18 Å². The molecule has 0 saturated heterocycles. The molecular weight excluding hydrogens is 283 g/mol. The third-order valence-corrected chi connectivity index (χ3v) is 3.06. The second kappa shape index (κ2) is 5.20. The van der Waals surface area contributed by atoms with Crippen molar-refractivity contribution >= 4 is 5.97 Å². The van der Waals surface area contributed by atoms with Crippen molar-refractivity contribution in [2.75, 3.05) is 0 Å². The molecule has 21 heavy (non-hydrogen) atoms. The molecule has 0 unspecified atom stereocenters. The number of alkyl halides is 3. The lowest BCUT2D eigenvalue weighted by Crippen LogP contribution is -2.25. The Morgan fingerprint density at radius 2 is 1.76 bits per heavy atom. The molecule has 0 bridgehead atoms. The van der Waals surface area contributed by atoms with E-state index in [9.17, 15) is 23.1 Å². The van der Waals surface area contributed by atoms with E-state index in [0.717, 1.165) is 6.07 Å². The van der Waals surface area contributed by atoms with Crippen molar-refractivity contribution in [2.24, 2.45) is 0 Å². The van der Waals surface area contributed by atoms with Gasteiger partial charge in [-0.05, 0) is 37.1 Å². The van der Waals surface area contributed by atoms with E-state index in [1.807, 2.05) is 0 Å². The average Bonchev–Trinajstić information content (AvgIpc) is 2.36. The van der Waals surface area contributed by atoms with Crippen LogP contribution in [0.25, 0.3) is 11.1 Å². The number of carbonyl (C=O) groups is 1. The largest absolute Gasteiger partial charge is 0.545 e. The van der Waals surface area contributed by atoms with Gasteiger partial charge in [-0.15, -0.1) is 0 Å². The predicted octanol–water partition coefficient (Wildman–Crippen LogP) is 2.75. The van der Waals surface area contributed by atoms with Gasteiger partial charge in [0.25, 0.3) is 0 Å². The number of carboxylic acids is 1. The van der Waals surface area contributed by atoms with E-state index in [4.69, 9.17) is 0 Å². The van der Waals surface area contributed by atoms with Gasteiger partial charge in [-0.3, -0.25) is 4.98 Å². The van der Waals surface area contributed by atoms with Crippen LogP contribution in [0.15, 0.2) is 30.3 Å². The summed E-state index contributed by atoms with van der Waals surface area (Å²) in [5, 5.41) is 11.3. The first kappa shape index (κ1) is 15.0. The van der Waals surface area contributed by atoms with Crippen molar-refractivity contribution in [1.82, 2.24) is 4.98 Å². The molecule has 0 aliphatic carbocycles. The van der Waals surface area contributed by atoms with Gasteiger partial charge in [-0.1, -0.05) is 18.2 Å². The normalized spacial score (nSPS) is 11.5. The van der Waals surface area contributed by atoms with Gasteiger partial charge in [0.2, 0.25) is 0 Å². The number of aryl methyl sites for hydroxylation is 2. The van der Waals surface area contributed by atoms with E-state index in [2.05, 4.69) is 4.98 Å². The SMILES string of the molecule is Cc1cc(-c2ccccc2C(F)(F)F)c(C(=O)[O-])c(C)n1. The lowest BCUT2D eigenvalue weighted by atomic mass is 9.94. The summed E-state index contributed by atoms with van der Waals surface area (Å²) in [6.07, 6.45) is -4.58. The summed E-state index contributed by atoms with van der Waals surface area (Å²) in [6.45, 7) is 3.02. The molecule has 1 aromatic carbocycles. The maximum atomic E-state index is 13.1. The zero-order chi connectivity index (χ0) is 15.8. The number of benzene rings is 1. The number of hydrogen-bond donors (Lipinski definition) is 0. The first-order chi connectivity index (χ1) is 9.71. The summed E-state index contributed by atoms with van der Waals surface area (Å²) in [5.74, 6) is -1.55. The Hall–Kier alpha value is -2.37. The molecule has 1 heterocycles. The molecule has 0 radical (unpaired) electrons. The first-order valence-electron chi connectivity index (χ1n) is 6.08. The topological polar surface area (TPSA) is 53.0 Å². The molecule has 6 heteroatoms. The highest BCUT2D eigenvalue weighted by Gasteiger charge is 2.34. The van der Waals surface area contributed by atoms with Crippen LogP contribution in [0, 0.1) is 13.8 Å². The molecule has 0 saturated carbocycles. The van der Waals surface area contributed by atoms with Gasteiger partial charge in [0.15, 0.2) is 0 Å². The zero-order valence-corrected chi connectivity index (χ0v) is 11.3. The van der Waals surface area contributed by atoms with Gasteiger partial charge in [-0.25, -0.2) is 0 Å². The Morgan fingerprint density at radius 1 is 1.14 bits per heavy atom. The average molecular weight is 294 g/mol. The van der Waals surface area contributed by atoms with E-state index < -0.39 is 17.7 Å². The monoisotopic (exact) mass is 294 g/mol. The minimum absolute atomic E-state index is 0.0343. The Labute approximate surface area is 119 Å². The third-order valence-electron chi connectivity index (χ3n) is 3.06. The third kappa shape index (κ3) is 2.89. The van der Waals surface area contributed by atoms with Crippen molar-refractivity contribution in [3.8, 4) is 11.1 Å². The minimum atomic E-state index is -4.58. The summed E-state index contributed by atoms with van der Waals surface area (Å²) in [5.41, 5.74) is -0.882. The number of aromatic carboxylic acids is 1. The van der Waals surface area contributed by atoms with Gasteiger partial charge in [0.1, 0.15) is 0 Å². The second-order valence-electron chi connectivity index (χ2n) is 4.60. The second-order valence-corrected chi connectivity index (χ2v) is 4.60. The number of carboxylic acid groups (broad SMARTS) is 1. The Kier molecular flexibility index (Phi) is 3.72. The van der Waals surface area contributed by atoms with Crippen LogP contribution in [0.1, 0.15) is 27.3 Å². The smallest absolute Gasteiger partial charge is 0.417 e. The van der Waals surface area contributed by atoms with Crippen molar-refractivity contribution in [3.63, 3.8) is 0 Å². The quantitative estimate of drug-likeness (QED) is 0.855. The standard InChI is InChI=1S/C15H12F3NO2/c1-8-7-11(13(14(20)21)9(2)19-8)10-5-3-4-6-12(10)15(16,17)18/h3-7H,1-2H3,(H,20,21)/p-1. The summed E-state index contributed by atoms with van der Waals surface area (Å²) < 4.78 is 39.3. The molecule has 0 spiro atoms. The number of halogens is 3. The maximum absolute atomic E-state index is 13.1. The molecule has 0 N–H and O–H groups in total. The Bertz CT molecular complexity index is 709. The Morgan fingerprint density at radius 3 is 2.33 bits per heavy atom. The molecule has 110 valence electrons. The number of rotatable bonds is 2. The summed E-state index contributed by atoms with van der Waals surface area (Å²) in [4.78, 5) is 15.2. The van der Waals surface area contributed by atoms with E-state index in [1.54, 1.807) is 6.92 Å². The van der Waals surface area contributed by atoms with Crippen LogP contribution in [-0.4, -0.2) is 11.0 Å². The fraction of sp³-hybridized carbons (Fsp3) is 0.200. The number of pyridine rings is 1. The zero-order valence-electron chi connectivity index (χ0n) is 11.3. The van der Waals surface area contributed by atoms with Crippen molar-refractivity contribution in [1.29, 1.82) is 0 Å². The molecular formula is C15H11F3NO2-. The van der Waals surface area contributed by atoms with Crippen molar-refractivity contribution in [2.45, 2.75) is 20.0 Å². The van der Waals surface area contributed by atoms with Gasteiger partial charge in [0.05, 0.1) is 11.5 Å². The molecule has 2 rings (SSSR count). The maximum Gasteiger partial charge on any atom is 0.417 e. The fourth-order valence-electron chi connectivity index (χ4n) is 2.26. The van der Waals surface area contributed by atoms with Crippen LogP contribution in [0.4, 0.5) is 13.2 Å². The highest BCUT2D eigenvalue weighted by Crippen LogP contribution is 2.38. The Balaban J connectivity index is 2.83. The molecule has 0 amide bonds. The highest BCUT2D eigenvalue weighted by molar-refractivity contribution is 5.96. The first-order valence-corrected chi connectivity index (χ1v) is 6.08. The predicted molar refractivity (Wildman–Crippen MR) is 68.5 cm³/mol. The van der Waals surface area contributed by atoms with Crippen molar-refractivity contribution < 1.29 is 23.1 Å². The lowest BCUT2D eigenvalue weighted by Gasteiger charge is -2.18. The molecule has 0 atom stereocenters. The summed E-state index contributed by atoms with van der Waals surface area (Å²) >= 11 is 0. The van der Waals surface area contributed by atoms with Crippen LogP contribution in [0.5, 0.6) is 0 Å². The summed E-state index contributed by atoms with van der Waals surface area (Å²) in [6, 6.07) is 6.16. The molecule has 3 nitrogen and oxygen atoms in total. The highest BCUT2D eigenvalue weighted by atomic mass is 19.4. The van der Waals surface area contributed by atoms with Gasteiger partial charge in [-0.2, -0.15) is 13.2 Å². The molecule has 0 fully saturated rings. The minimum Gasteiger partial charge on any atom is -0.545 e. The van der Waals surface area contributed by atoms with Crippen molar-refractivity contribution in [3.05, 3.63) is 52.8 Å². The van der Waals surface area contributed by atoms with Gasteiger partial charge < -0.3 is 9.90 Å². The molecule has 1 aromatic heterocycles. The number of carbonyl (C=O) groups excluding carboxylic acids is 1. The van der Waals surface area contributed by atoms with Gasteiger partial charge in [0, 0.05) is 17.0 Å². The van der Waals surface area contributed by atoms with Crippen LogP contribution >= 0.6 is 0 Å². The number of hydrogen-bond acceptors (Lipinski definition) is 3. The van der Waals surface area contributed by atoms with Crippen LogP contribution in [-0.2, 0) is 6.18 Å².